The van der Waals surface area contributed by atoms with Crippen LogP contribution < -0.4 is 0 Å². The van der Waals surface area contributed by atoms with Crippen LogP contribution in [-0.2, 0) is 38.1 Å². The molecule has 2 bridgehead atoms. The Hall–Kier alpha value is -2.38. The first kappa shape index (κ1) is 19.0. The van der Waals surface area contributed by atoms with E-state index in [-0.39, 0.29) is 31.1 Å². The normalized spacial score (nSPS) is 30.2. The van der Waals surface area contributed by atoms with Crippen LogP contribution in [0.25, 0.3) is 0 Å². The first-order valence-electron chi connectivity index (χ1n) is 8.05. The van der Waals surface area contributed by atoms with Crippen molar-refractivity contribution in [3.05, 3.63) is 12.2 Å². The number of fused-ring (bicyclic) bond motifs is 2. The van der Waals surface area contributed by atoms with E-state index < -0.39 is 47.7 Å². The number of esters is 4. The Morgan fingerprint density at radius 1 is 1.16 bits per heavy atom. The summed E-state index contributed by atoms with van der Waals surface area (Å²) in [5.41, 5.74) is 0.244. The first-order valence-corrected chi connectivity index (χ1v) is 8.05. The molecule has 1 heterocycles. The Bertz CT molecular complexity index is 595. The minimum Gasteiger partial charge on any atom is -0.469 e. The topological polar surface area (TPSA) is 105 Å². The maximum Gasteiger partial charge on any atom is 0.333 e. The summed E-state index contributed by atoms with van der Waals surface area (Å²) in [6, 6.07) is 0. The molecule has 0 radical (unpaired) electrons. The zero-order valence-corrected chi connectivity index (χ0v) is 14.5. The minimum atomic E-state index is -0.790. The second kappa shape index (κ2) is 7.67. The Morgan fingerprint density at radius 3 is 2.40 bits per heavy atom. The van der Waals surface area contributed by atoms with Crippen molar-refractivity contribution in [1.82, 2.24) is 0 Å². The Balaban J connectivity index is 1.98. The van der Waals surface area contributed by atoms with Gasteiger partial charge in [0.1, 0.15) is 19.3 Å². The van der Waals surface area contributed by atoms with Crippen LogP contribution in [0.15, 0.2) is 12.2 Å². The van der Waals surface area contributed by atoms with E-state index in [9.17, 15) is 19.2 Å². The maximum atomic E-state index is 12.4. The van der Waals surface area contributed by atoms with Gasteiger partial charge in [0.2, 0.25) is 0 Å². The molecule has 0 spiro atoms. The van der Waals surface area contributed by atoms with E-state index in [1.54, 1.807) is 6.92 Å². The fourth-order valence-electron chi connectivity index (χ4n) is 3.40. The molecule has 5 unspecified atom stereocenters. The number of carbonyl (C=O) groups is 4. The molecule has 1 saturated carbocycles. The number of methoxy groups -OCH3 is 1. The fourth-order valence-corrected chi connectivity index (χ4v) is 3.40. The van der Waals surface area contributed by atoms with Crippen molar-refractivity contribution in [2.75, 3.05) is 20.3 Å². The summed E-state index contributed by atoms with van der Waals surface area (Å²) < 4.78 is 20.0. The molecule has 1 saturated heterocycles. The van der Waals surface area contributed by atoms with E-state index >= 15 is 0 Å². The van der Waals surface area contributed by atoms with Crippen LogP contribution in [0.4, 0.5) is 0 Å². The van der Waals surface area contributed by atoms with Crippen molar-refractivity contribution in [3.8, 4) is 0 Å². The highest BCUT2D eigenvalue weighted by Gasteiger charge is 2.58. The molecule has 138 valence electrons. The number of hydrogen-bond acceptors (Lipinski definition) is 8. The molecule has 8 nitrogen and oxygen atoms in total. The zero-order valence-electron chi connectivity index (χ0n) is 14.5. The van der Waals surface area contributed by atoms with Gasteiger partial charge in [-0.05, 0) is 13.3 Å². The van der Waals surface area contributed by atoms with E-state index in [0.717, 1.165) is 0 Å². The predicted octanol–water partition coefficient (Wildman–Crippen LogP) is 0.636. The highest BCUT2D eigenvalue weighted by molar-refractivity contribution is 5.87. The molecule has 8 heteroatoms. The third kappa shape index (κ3) is 3.83. The lowest BCUT2D eigenvalue weighted by molar-refractivity contribution is -0.161. The van der Waals surface area contributed by atoms with Crippen molar-refractivity contribution in [3.63, 3.8) is 0 Å². The molecule has 2 rings (SSSR count). The number of hydrogen-bond donors (Lipinski definition) is 0. The SMILES string of the molecule is C=C(C)C(=O)OCCOC(=O)C1CC(C(=O)OC)C2OC(=O)C1C2C. The van der Waals surface area contributed by atoms with Gasteiger partial charge in [-0.15, -0.1) is 0 Å². The van der Waals surface area contributed by atoms with Gasteiger partial charge in [-0.25, -0.2) is 4.79 Å². The summed E-state index contributed by atoms with van der Waals surface area (Å²) in [5.74, 6) is -4.62. The van der Waals surface area contributed by atoms with Crippen LogP contribution in [0.2, 0.25) is 0 Å². The summed E-state index contributed by atoms with van der Waals surface area (Å²) in [6.45, 7) is 6.46. The Kier molecular flexibility index (Phi) is 5.81. The molecular weight excluding hydrogens is 332 g/mol. The van der Waals surface area contributed by atoms with Gasteiger partial charge in [0.05, 0.1) is 24.9 Å². The van der Waals surface area contributed by atoms with Crippen LogP contribution in [-0.4, -0.2) is 50.3 Å². The lowest BCUT2D eigenvalue weighted by Gasteiger charge is -2.33. The van der Waals surface area contributed by atoms with Gasteiger partial charge < -0.3 is 18.9 Å². The van der Waals surface area contributed by atoms with E-state index in [4.69, 9.17) is 18.9 Å². The maximum absolute atomic E-state index is 12.4. The molecular formula is C17H22O8. The molecule has 5 atom stereocenters. The number of rotatable bonds is 6. The second-order valence-corrected chi connectivity index (χ2v) is 6.34. The molecule has 0 N–H and O–H groups in total. The monoisotopic (exact) mass is 354 g/mol. The largest absolute Gasteiger partial charge is 0.469 e. The Labute approximate surface area is 145 Å². The van der Waals surface area contributed by atoms with Gasteiger partial charge in [-0.1, -0.05) is 13.5 Å². The average Bonchev–Trinajstić information content (AvgIpc) is 2.77. The third-order valence-corrected chi connectivity index (χ3v) is 4.66. The quantitative estimate of drug-likeness (QED) is 0.296. The first-order chi connectivity index (χ1) is 11.8. The van der Waals surface area contributed by atoms with E-state index in [1.165, 1.54) is 14.0 Å². The van der Waals surface area contributed by atoms with Crippen molar-refractivity contribution >= 4 is 23.9 Å². The van der Waals surface area contributed by atoms with Gasteiger partial charge in [0.25, 0.3) is 0 Å². The standard InChI is InChI=1S/C17H22O8/c1-8(2)14(18)23-5-6-24-16(20)10-7-11(15(19)22-4)13-9(3)12(10)17(21)25-13/h9-13H,1,5-7H2,2-4H3. The van der Waals surface area contributed by atoms with Gasteiger partial charge in [-0.3, -0.25) is 14.4 Å². The van der Waals surface area contributed by atoms with Crippen LogP contribution in [0.5, 0.6) is 0 Å². The number of ether oxygens (including phenoxy) is 4. The summed E-state index contributed by atoms with van der Waals surface area (Å²) >= 11 is 0. The summed E-state index contributed by atoms with van der Waals surface area (Å²) in [4.78, 5) is 47.6. The lowest BCUT2D eigenvalue weighted by Crippen LogP contribution is -2.44. The van der Waals surface area contributed by atoms with Crippen LogP contribution >= 0.6 is 0 Å². The number of carbonyl (C=O) groups excluding carboxylic acids is 4. The van der Waals surface area contributed by atoms with Gasteiger partial charge >= 0.3 is 23.9 Å². The van der Waals surface area contributed by atoms with E-state index in [2.05, 4.69) is 6.58 Å². The highest BCUT2D eigenvalue weighted by Crippen LogP contribution is 2.46. The summed E-state index contributed by atoms with van der Waals surface area (Å²) in [6.07, 6.45) is -0.451. The molecule has 2 aliphatic rings. The summed E-state index contributed by atoms with van der Waals surface area (Å²) in [5, 5.41) is 0. The predicted molar refractivity (Wildman–Crippen MR) is 82.9 cm³/mol. The second-order valence-electron chi connectivity index (χ2n) is 6.34. The van der Waals surface area contributed by atoms with Gasteiger partial charge in [0, 0.05) is 11.5 Å². The van der Waals surface area contributed by atoms with Crippen molar-refractivity contribution < 1.29 is 38.1 Å². The molecule has 1 aliphatic carbocycles. The third-order valence-electron chi connectivity index (χ3n) is 4.66. The lowest BCUT2D eigenvalue weighted by atomic mass is 9.68. The van der Waals surface area contributed by atoms with Crippen molar-refractivity contribution in [2.45, 2.75) is 26.4 Å². The van der Waals surface area contributed by atoms with Crippen LogP contribution in [0.1, 0.15) is 20.3 Å². The highest BCUT2D eigenvalue weighted by atomic mass is 16.6. The Morgan fingerprint density at radius 2 is 1.80 bits per heavy atom. The van der Waals surface area contributed by atoms with Crippen molar-refractivity contribution in [1.29, 1.82) is 0 Å². The fraction of sp³-hybridized carbons (Fsp3) is 0.647. The minimum absolute atomic E-state index is 0.113. The molecule has 1 aliphatic heterocycles. The van der Waals surface area contributed by atoms with Gasteiger partial charge in [-0.2, -0.15) is 0 Å². The van der Waals surface area contributed by atoms with E-state index in [1.807, 2.05) is 0 Å². The molecule has 0 aromatic heterocycles. The van der Waals surface area contributed by atoms with Crippen LogP contribution in [0, 0.1) is 23.7 Å². The molecule has 2 fully saturated rings. The molecule has 0 aromatic rings. The van der Waals surface area contributed by atoms with Crippen LogP contribution in [0.3, 0.4) is 0 Å². The van der Waals surface area contributed by atoms with E-state index in [0.29, 0.717) is 0 Å². The average molecular weight is 354 g/mol. The smallest absolute Gasteiger partial charge is 0.333 e. The molecule has 0 amide bonds. The summed E-state index contributed by atoms with van der Waals surface area (Å²) in [7, 11) is 1.25. The molecule has 0 aromatic carbocycles. The van der Waals surface area contributed by atoms with Crippen molar-refractivity contribution in [2.24, 2.45) is 23.7 Å². The molecule has 25 heavy (non-hydrogen) atoms. The zero-order chi connectivity index (χ0) is 18.7. The van der Waals surface area contributed by atoms with Gasteiger partial charge in [0.15, 0.2) is 0 Å².